The van der Waals surface area contributed by atoms with E-state index in [1.165, 1.54) is 0 Å². The Labute approximate surface area is 82.7 Å². The Hall–Kier alpha value is -1.61. The highest BCUT2D eigenvalue weighted by atomic mass is 14.7. The van der Waals surface area contributed by atoms with Gasteiger partial charge < -0.3 is 11.5 Å². The lowest BCUT2D eigenvalue weighted by Crippen LogP contribution is -2.05. The summed E-state index contributed by atoms with van der Waals surface area (Å²) in [4.78, 5) is 4.26. The molecule has 0 amide bonds. The van der Waals surface area contributed by atoms with Crippen molar-refractivity contribution < 1.29 is 0 Å². The minimum Gasteiger partial charge on any atom is -0.397 e. The van der Waals surface area contributed by atoms with Crippen LogP contribution in [0, 0.1) is 0 Å². The lowest BCUT2D eigenvalue weighted by Gasteiger charge is -2.06. The van der Waals surface area contributed by atoms with Crippen LogP contribution < -0.4 is 11.5 Å². The summed E-state index contributed by atoms with van der Waals surface area (Å²) in [5, 5.41) is 1.07. The normalized spacial score (nSPS) is 10.6. The third-order valence-electron chi connectivity index (χ3n) is 2.32. The van der Waals surface area contributed by atoms with Crippen molar-refractivity contribution in [2.24, 2.45) is 5.73 Å². The van der Waals surface area contributed by atoms with Crippen molar-refractivity contribution in [1.29, 1.82) is 0 Å². The van der Waals surface area contributed by atoms with E-state index >= 15 is 0 Å². The molecule has 3 heteroatoms. The SMILES string of the molecule is NCCc1ccc2cccnc2c1N. The molecule has 2 aromatic rings. The summed E-state index contributed by atoms with van der Waals surface area (Å²) >= 11 is 0. The Balaban J connectivity index is 2.63. The summed E-state index contributed by atoms with van der Waals surface area (Å²) < 4.78 is 0. The molecule has 0 fully saturated rings. The molecule has 1 aromatic carbocycles. The maximum absolute atomic E-state index is 5.99. The number of nitrogens with two attached hydrogens (primary N) is 2. The molecular formula is C11H13N3. The first-order chi connectivity index (χ1) is 6.83. The molecule has 0 saturated heterocycles. The number of pyridine rings is 1. The lowest BCUT2D eigenvalue weighted by molar-refractivity contribution is 0.972. The predicted molar refractivity (Wildman–Crippen MR) is 58.9 cm³/mol. The number of benzene rings is 1. The summed E-state index contributed by atoms with van der Waals surface area (Å²) in [5.41, 5.74) is 14.2. The van der Waals surface area contributed by atoms with E-state index in [0.717, 1.165) is 28.6 Å². The highest BCUT2D eigenvalue weighted by Gasteiger charge is 2.03. The second kappa shape index (κ2) is 3.64. The van der Waals surface area contributed by atoms with Crippen LogP contribution in [0.2, 0.25) is 0 Å². The molecule has 2 rings (SSSR count). The quantitative estimate of drug-likeness (QED) is 0.697. The molecule has 0 radical (unpaired) electrons. The zero-order valence-corrected chi connectivity index (χ0v) is 7.90. The Bertz CT molecular complexity index is 451. The first-order valence-corrected chi connectivity index (χ1v) is 4.65. The molecule has 0 spiro atoms. The van der Waals surface area contributed by atoms with Crippen molar-refractivity contribution in [2.45, 2.75) is 6.42 Å². The Morgan fingerprint density at radius 1 is 1.21 bits per heavy atom. The summed E-state index contributed by atoms with van der Waals surface area (Å²) in [6.45, 7) is 0.614. The summed E-state index contributed by atoms with van der Waals surface area (Å²) in [7, 11) is 0. The van der Waals surface area contributed by atoms with Crippen LogP contribution in [-0.4, -0.2) is 11.5 Å². The Morgan fingerprint density at radius 2 is 2.07 bits per heavy atom. The molecule has 1 aromatic heterocycles. The van der Waals surface area contributed by atoms with Crippen LogP contribution in [-0.2, 0) is 6.42 Å². The van der Waals surface area contributed by atoms with E-state index in [0.29, 0.717) is 6.54 Å². The first-order valence-electron chi connectivity index (χ1n) is 4.65. The van der Waals surface area contributed by atoms with Crippen LogP contribution in [0.15, 0.2) is 30.5 Å². The van der Waals surface area contributed by atoms with Gasteiger partial charge in [-0.05, 0) is 24.6 Å². The fourth-order valence-electron chi connectivity index (χ4n) is 1.58. The number of aromatic nitrogens is 1. The van der Waals surface area contributed by atoms with Gasteiger partial charge >= 0.3 is 0 Å². The van der Waals surface area contributed by atoms with E-state index in [1.54, 1.807) is 6.20 Å². The van der Waals surface area contributed by atoms with Crippen LogP contribution in [0.25, 0.3) is 10.9 Å². The van der Waals surface area contributed by atoms with Crippen LogP contribution in [0.4, 0.5) is 5.69 Å². The topological polar surface area (TPSA) is 64.9 Å². The number of hydrogen-bond donors (Lipinski definition) is 2. The van der Waals surface area contributed by atoms with E-state index < -0.39 is 0 Å². The number of hydrogen-bond acceptors (Lipinski definition) is 3. The number of fused-ring (bicyclic) bond motifs is 1. The zero-order chi connectivity index (χ0) is 9.97. The van der Waals surface area contributed by atoms with E-state index in [1.807, 2.05) is 24.3 Å². The zero-order valence-electron chi connectivity index (χ0n) is 7.90. The van der Waals surface area contributed by atoms with Gasteiger partial charge in [-0.2, -0.15) is 0 Å². The second-order valence-corrected chi connectivity index (χ2v) is 3.25. The van der Waals surface area contributed by atoms with Gasteiger partial charge in [0.1, 0.15) is 0 Å². The summed E-state index contributed by atoms with van der Waals surface area (Å²) in [6.07, 6.45) is 2.56. The summed E-state index contributed by atoms with van der Waals surface area (Å²) in [6, 6.07) is 7.96. The highest BCUT2D eigenvalue weighted by molar-refractivity contribution is 5.90. The molecule has 0 unspecified atom stereocenters. The molecule has 0 aliphatic carbocycles. The Morgan fingerprint density at radius 3 is 2.86 bits per heavy atom. The third kappa shape index (κ3) is 1.42. The van der Waals surface area contributed by atoms with Gasteiger partial charge in [0.15, 0.2) is 0 Å². The van der Waals surface area contributed by atoms with Gasteiger partial charge in [0.25, 0.3) is 0 Å². The standard InChI is InChI=1S/C11H13N3/c12-6-5-8-3-4-9-2-1-7-14-11(9)10(8)13/h1-4,7H,5-6,12-13H2. The van der Waals surface area contributed by atoms with Gasteiger partial charge in [-0.15, -0.1) is 0 Å². The van der Waals surface area contributed by atoms with E-state index in [-0.39, 0.29) is 0 Å². The molecule has 0 bridgehead atoms. The molecule has 14 heavy (non-hydrogen) atoms. The molecular weight excluding hydrogens is 174 g/mol. The first kappa shape index (κ1) is 8.97. The second-order valence-electron chi connectivity index (χ2n) is 3.25. The van der Waals surface area contributed by atoms with Crippen LogP contribution in [0.5, 0.6) is 0 Å². The van der Waals surface area contributed by atoms with Gasteiger partial charge in [0.05, 0.1) is 11.2 Å². The van der Waals surface area contributed by atoms with Gasteiger partial charge in [-0.25, -0.2) is 0 Å². The molecule has 72 valence electrons. The maximum atomic E-state index is 5.99. The van der Waals surface area contributed by atoms with Gasteiger partial charge in [-0.3, -0.25) is 4.98 Å². The maximum Gasteiger partial charge on any atom is 0.0933 e. The van der Waals surface area contributed by atoms with Crippen molar-refractivity contribution >= 4 is 16.6 Å². The lowest BCUT2D eigenvalue weighted by atomic mass is 10.1. The molecule has 1 heterocycles. The molecule has 0 aliphatic heterocycles. The average molecular weight is 187 g/mol. The van der Waals surface area contributed by atoms with Gasteiger partial charge in [-0.1, -0.05) is 18.2 Å². The molecule has 0 atom stereocenters. The van der Waals surface area contributed by atoms with Crippen molar-refractivity contribution in [3.05, 3.63) is 36.0 Å². The average Bonchev–Trinajstić information content (AvgIpc) is 2.23. The fraction of sp³-hybridized carbons (Fsp3) is 0.182. The highest BCUT2D eigenvalue weighted by Crippen LogP contribution is 2.22. The number of rotatable bonds is 2. The number of anilines is 1. The van der Waals surface area contributed by atoms with Crippen molar-refractivity contribution in [2.75, 3.05) is 12.3 Å². The number of nitrogens with zero attached hydrogens (tertiary/aromatic N) is 1. The number of nitrogen functional groups attached to an aromatic ring is 1. The Kier molecular flexibility index (Phi) is 2.33. The molecule has 0 aliphatic rings. The van der Waals surface area contributed by atoms with Crippen molar-refractivity contribution in [3.63, 3.8) is 0 Å². The van der Waals surface area contributed by atoms with Crippen molar-refractivity contribution in [3.8, 4) is 0 Å². The van der Waals surface area contributed by atoms with Crippen LogP contribution in [0.1, 0.15) is 5.56 Å². The van der Waals surface area contributed by atoms with Crippen LogP contribution >= 0.6 is 0 Å². The van der Waals surface area contributed by atoms with Gasteiger partial charge in [0.2, 0.25) is 0 Å². The minimum atomic E-state index is 0.614. The van der Waals surface area contributed by atoms with E-state index in [2.05, 4.69) is 4.98 Å². The van der Waals surface area contributed by atoms with Crippen molar-refractivity contribution in [1.82, 2.24) is 4.98 Å². The smallest absolute Gasteiger partial charge is 0.0933 e. The van der Waals surface area contributed by atoms with E-state index in [9.17, 15) is 0 Å². The van der Waals surface area contributed by atoms with E-state index in [4.69, 9.17) is 11.5 Å². The minimum absolute atomic E-state index is 0.614. The molecule has 3 nitrogen and oxygen atoms in total. The predicted octanol–water partition coefficient (Wildman–Crippen LogP) is 1.32. The molecule has 4 N–H and O–H groups in total. The third-order valence-corrected chi connectivity index (χ3v) is 2.32. The van der Waals surface area contributed by atoms with Crippen LogP contribution in [0.3, 0.4) is 0 Å². The van der Waals surface area contributed by atoms with Gasteiger partial charge in [0, 0.05) is 11.6 Å². The largest absolute Gasteiger partial charge is 0.397 e. The fourth-order valence-corrected chi connectivity index (χ4v) is 1.58. The summed E-state index contributed by atoms with van der Waals surface area (Å²) in [5.74, 6) is 0. The molecule has 0 saturated carbocycles. The monoisotopic (exact) mass is 187 g/mol.